The Hall–Kier alpha value is -5.22. The van der Waals surface area contributed by atoms with Crippen molar-refractivity contribution in [1.29, 1.82) is 0 Å². The van der Waals surface area contributed by atoms with E-state index < -0.39 is 0 Å². The van der Waals surface area contributed by atoms with E-state index in [-0.39, 0.29) is 49.6 Å². The second-order valence-electron chi connectivity index (χ2n) is 13.4. The molecule has 12 heteroatoms. The zero-order valence-corrected chi connectivity index (χ0v) is 34.8. The minimum Gasteiger partial charge on any atom is -1.00 e. The second-order valence-corrected chi connectivity index (χ2v) is 14.5. The number of halogens is 4. The highest BCUT2D eigenvalue weighted by atomic mass is 35.5. The fourth-order valence-corrected chi connectivity index (χ4v) is 8.26. The molecule has 9 heterocycles. The van der Waals surface area contributed by atoms with Crippen LogP contribution in [0.25, 0.3) is 89.2 Å². The molecule has 0 radical (unpaired) electrons. The van der Waals surface area contributed by atoms with Gasteiger partial charge in [-0.25, -0.2) is 28.2 Å². The van der Waals surface area contributed by atoms with Crippen LogP contribution in [0.15, 0.2) is 122 Å². The number of pyridine rings is 4. The summed E-state index contributed by atoms with van der Waals surface area (Å²) in [5.74, 6) is 0. The van der Waals surface area contributed by atoms with Crippen LogP contribution in [0.4, 0.5) is 0 Å². The number of H-pyrrole nitrogens is 1. The molecule has 7 aromatic rings. The zero-order valence-electron chi connectivity index (χ0n) is 31.0. The fraction of sp³-hybridized carbons (Fsp3) is 0.0909. The van der Waals surface area contributed by atoms with Crippen LogP contribution in [0.2, 0.25) is 0 Å². The van der Waals surface area contributed by atoms with Gasteiger partial charge in [0.25, 0.3) is 0 Å². The van der Waals surface area contributed by atoms with Gasteiger partial charge in [0, 0.05) is 90.2 Å². The predicted molar refractivity (Wildman–Crippen MR) is 209 cm³/mol. The number of rotatable bonds is 4. The van der Waals surface area contributed by atoms with E-state index in [9.17, 15) is 0 Å². The first kappa shape index (κ1) is 41.9. The molecule has 0 amide bonds. The molecule has 0 unspecified atom stereocenters. The molecule has 56 heavy (non-hydrogen) atoms. The number of nitrogens with zero attached hydrogens (tertiary/aromatic N) is 6. The summed E-state index contributed by atoms with van der Waals surface area (Å²) in [6, 6.07) is 26.0. The molecule has 0 aromatic carbocycles. The van der Waals surface area contributed by atoms with Crippen LogP contribution >= 0.6 is 11.3 Å². The van der Waals surface area contributed by atoms with E-state index in [0.717, 1.165) is 87.7 Å². The van der Waals surface area contributed by atoms with E-state index in [4.69, 9.17) is 9.97 Å². The average molecular weight is 838 g/mol. The van der Waals surface area contributed by atoms with Crippen molar-refractivity contribution < 1.29 is 67.9 Å². The van der Waals surface area contributed by atoms with Crippen LogP contribution in [-0.2, 0) is 28.2 Å². The van der Waals surface area contributed by atoms with Gasteiger partial charge < -0.3 is 54.6 Å². The van der Waals surface area contributed by atoms with Crippen molar-refractivity contribution >= 4 is 56.1 Å². The standard InChI is InChI=1S/C44H36N7S.4ClH/c1-48-23-17-29(18-24-48)41-33-9-10-35(45-33)42(31-7-5-21-50(3)27-31)36-12-14-38(47-36)44(32-8-6-22-51(4)28-32)40-16-15-39(52-40)43(37-13-11-34(41)46-37)30-19-25-49(2)26-20-30;;;;/h5-28H,1-4H3;4*1H/q+3;;;;/p-3. The molecule has 2 aliphatic heterocycles. The van der Waals surface area contributed by atoms with Gasteiger partial charge in [0.2, 0.25) is 0 Å². The normalized spacial score (nSPS) is 11.2. The Labute approximate surface area is 354 Å². The van der Waals surface area contributed by atoms with Crippen LogP contribution in [0.1, 0.15) is 22.8 Å². The quantitative estimate of drug-likeness (QED) is 0.182. The maximum absolute atomic E-state index is 5.43. The number of thiophene rings is 1. The number of fused-ring (bicyclic) bond motifs is 8. The summed E-state index contributed by atoms with van der Waals surface area (Å²) in [6.07, 6.45) is 25.4. The summed E-state index contributed by atoms with van der Waals surface area (Å²) < 4.78 is 10.6. The highest BCUT2D eigenvalue weighted by Crippen LogP contribution is 2.40. The van der Waals surface area contributed by atoms with E-state index >= 15 is 0 Å². The summed E-state index contributed by atoms with van der Waals surface area (Å²) in [7, 11) is 8.20. The Kier molecular flexibility index (Phi) is 12.9. The summed E-state index contributed by atoms with van der Waals surface area (Å²) in [5.41, 5.74) is 14.3. The second kappa shape index (κ2) is 17.3. The average Bonchev–Trinajstić information content (AvgIpc) is 3.98. The number of nitrogens with one attached hydrogen (secondary N) is 1. The lowest BCUT2D eigenvalue weighted by atomic mass is 10.1. The Morgan fingerprint density at radius 3 is 1.23 bits per heavy atom. The molecule has 0 aliphatic carbocycles. The molecule has 0 saturated carbocycles. The predicted octanol–water partition coefficient (Wildman–Crippen LogP) is -4.63. The first-order valence-corrected chi connectivity index (χ1v) is 18.1. The van der Waals surface area contributed by atoms with Gasteiger partial charge in [-0.05, 0) is 71.8 Å². The van der Waals surface area contributed by atoms with Gasteiger partial charge in [-0.15, -0.1) is 11.3 Å². The van der Waals surface area contributed by atoms with Gasteiger partial charge >= 0.3 is 0 Å². The summed E-state index contributed by atoms with van der Waals surface area (Å²) in [6.45, 7) is 0. The molecule has 7 aromatic heterocycles. The van der Waals surface area contributed by atoms with Crippen molar-refractivity contribution in [3.63, 3.8) is 0 Å². The lowest BCUT2D eigenvalue weighted by molar-refractivity contribution is -0.671. The summed E-state index contributed by atoms with van der Waals surface area (Å²) in [5, 5.41) is 0. The summed E-state index contributed by atoms with van der Waals surface area (Å²) >= 11 is 1.78. The number of hydrogen-bond acceptors (Lipinski definition) is 3. The van der Waals surface area contributed by atoms with Crippen LogP contribution in [0.3, 0.4) is 0 Å². The van der Waals surface area contributed by atoms with Gasteiger partial charge in [0.05, 0.1) is 22.8 Å². The van der Waals surface area contributed by atoms with E-state index in [1.807, 2.05) is 14.1 Å². The summed E-state index contributed by atoms with van der Waals surface area (Å²) in [4.78, 5) is 14.7. The fourth-order valence-electron chi connectivity index (χ4n) is 7.10. The molecule has 282 valence electrons. The highest BCUT2D eigenvalue weighted by molar-refractivity contribution is 7.24. The molecule has 0 spiro atoms. The van der Waals surface area contributed by atoms with Gasteiger partial charge in [-0.3, -0.25) is 0 Å². The third kappa shape index (κ3) is 7.89. The molecular formula is C44H37Cl4N7S. The third-order valence-corrected chi connectivity index (χ3v) is 10.7. The van der Waals surface area contributed by atoms with Crippen LogP contribution in [-0.4, -0.2) is 15.0 Å². The van der Waals surface area contributed by atoms with E-state index in [1.54, 1.807) is 11.3 Å². The number of aromatic amines is 1. The molecule has 8 bridgehead atoms. The monoisotopic (exact) mass is 835 g/mol. The van der Waals surface area contributed by atoms with E-state index in [0.29, 0.717) is 0 Å². The Balaban J connectivity index is 0.00000150. The topological polar surface area (TPSA) is 57.1 Å². The lowest BCUT2D eigenvalue weighted by Crippen LogP contribution is -3.00. The van der Waals surface area contributed by atoms with Crippen molar-refractivity contribution in [2.75, 3.05) is 0 Å². The molecule has 1 N–H and O–H groups in total. The van der Waals surface area contributed by atoms with Crippen molar-refractivity contribution in [3.8, 4) is 44.5 Å². The first-order valence-electron chi connectivity index (χ1n) is 17.3. The SMILES string of the molecule is C[n+]1ccc(-c2c3nc(c(-c4cc[n+](C)cc4)c4ccc(s4)c(-c4ccc[n+](C)c4)c4nc(c(-c5ccc[n+](C)c5)c5ccc2[nH]5)C=C4)C=C3)cc1.[Cl-].[Cl-].[Cl-].[Cl-]. The Bertz CT molecular complexity index is 2610. The molecule has 7 nitrogen and oxygen atoms in total. The van der Waals surface area contributed by atoms with Crippen molar-refractivity contribution in [3.05, 3.63) is 145 Å². The molecule has 0 atom stereocenters. The van der Waals surface area contributed by atoms with Gasteiger partial charge in [-0.1, -0.05) is 0 Å². The van der Waals surface area contributed by atoms with E-state index in [1.165, 1.54) is 0 Å². The van der Waals surface area contributed by atoms with Gasteiger partial charge in [-0.2, -0.15) is 0 Å². The van der Waals surface area contributed by atoms with Crippen LogP contribution < -0.4 is 67.9 Å². The molecule has 9 rings (SSSR count). The Morgan fingerprint density at radius 1 is 0.411 bits per heavy atom. The molecule has 2 aliphatic rings. The number of aryl methyl sites for hydroxylation is 4. The molecular weight excluding hydrogens is 800 g/mol. The van der Waals surface area contributed by atoms with Gasteiger partial charge in [0.1, 0.15) is 28.2 Å². The van der Waals surface area contributed by atoms with Crippen LogP contribution in [0.5, 0.6) is 0 Å². The van der Waals surface area contributed by atoms with Crippen molar-refractivity contribution in [2.45, 2.75) is 0 Å². The number of hydrogen-bond donors (Lipinski definition) is 1. The highest BCUT2D eigenvalue weighted by Gasteiger charge is 2.20. The largest absolute Gasteiger partial charge is 1.00 e. The maximum atomic E-state index is 5.43. The Morgan fingerprint density at radius 2 is 0.786 bits per heavy atom. The number of aromatic nitrogens is 7. The maximum Gasteiger partial charge on any atom is 0.176 e. The smallest absolute Gasteiger partial charge is 0.176 e. The third-order valence-electron chi connectivity index (χ3n) is 9.62. The zero-order chi connectivity index (χ0) is 35.3. The van der Waals surface area contributed by atoms with Crippen molar-refractivity contribution in [2.24, 2.45) is 28.2 Å². The first-order chi connectivity index (χ1) is 25.4. The minimum atomic E-state index is 0. The minimum absolute atomic E-state index is 0. The van der Waals surface area contributed by atoms with Crippen molar-refractivity contribution in [1.82, 2.24) is 15.0 Å². The van der Waals surface area contributed by atoms with Gasteiger partial charge in [0.15, 0.2) is 49.6 Å². The molecule has 0 fully saturated rings. The lowest BCUT2D eigenvalue weighted by Gasteiger charge is -2.05. The van der Waals surface area contributed by atoms with Crippen LogP contribution in [0, 0.1) is 0 Å². The van der Waals surface area contributed by atoms with E-state index in [2.05, 4.69) is 184 Å². The molecule has 0 saturated heterocycles.